The van der Waals surface area contributed by atoms with Crippen molar-refractivity contribution in [3.05, 3.63) is 35.4 Å². The van der Waals surface area contributed by atoms with Gasteiger partial charge in [-0.2, -0.15) is 5.26 Å². The Labute approximate surface area is 125 Å². The Morgan fingerprint density at radius 2 is 2.05 bits per heavy atom. The van der Waals surface area contributed by atoms with E-state index in [0.29, 0.717) is 12.1 Å². The number of nitriles is 1. The topological polar surface area (TPSA) is 76.4 Å². The largest absolute Gasteiger partial charge is 0.387 e. The van der Waals surface area contributed by atoms with Crippen LogP contribution in [0.5, 0.6) is 0 Å². The fourth-order valence-electron chi connectivity index (χ4n) is 2.68. The van der Waals surface area contributed by atoms with Gasteiger partial charge in [0.05, 0.1) is 17.7 Å². The van der Waals surface area contributed by atoms with Crippen LogP contribution in [0.2, 0.25) is 0 Å². The number of amides is 1. The number of aliphatic hydroxyl groups excluding tert-OH is 1. The Morgan fingerprint density at radius 1 is 1.43 bits per heavy atom. The van der Waals surface area contributed by atoms with Gasteiger partial charge in [0.2, 0.25) is 5.91 Å². The minimum Gasteiger partial charge on any atom is -0.387 e. The minimum absolute atomic E-state index is 0.0195. The molecule has 1 atom stereocenters. The highest BCUT2D eigenvalue weighted by molar-refractivity contribution is 5.73. The second-order valence-corrected chi connectivity index (χ2v) is 5.53. The molecule has 1 unspecified atom stereocenters. The monoisotopic (exact) mass is 287 g/mol. The van der Waals surface area contributed by atoms with Crippen LogP contribution in [0, 0.1) is 11.3 Å². The Kier molecular flexibility index (Phi) is 5.32. The first-order valence-electron chi connectivity index (χ1n) is 7.26. The van der Waals surface area contributed by atoms with Crippen molar-refractivity contribution in [1.29, 1.82) is 5.26 Å². The Bertz CT molecular complexity index is 513. The number of hydrogen-bond donors (Lipinski definition) is 2. The van der Waals surface area contributed by atoms with Gasteiger partial charge in [0.1, 0.15) is 0 Å². The standard InChI is InChI=1S/C16H21N3O2/c1-12(20)18-15-6-8-19(9-7-15)11-16(21)14-4-2-13(10-17)3-5-14/h2-5,15-16,21H,6-9,11H2,1H3,(H,18,20). The average molecular weight is 287 g/mol. The van der Waals surface area contributed by atoms with Gasteiger partial charge in [-0.1, -0.05) is 12.1 Å². The summed E-state index contributed by atoms with van der Waals surface area (Å²) in [4.78, 5) is 13.2. The Morgan fingerprint density at radius 3 is 2.57 bits per heavy atom. The lowest BCUT2D eigenvalue weighted by Gasteiger charge is -2.33. The summed E-state index contributed by atoms with van der Waals surface area (Å²) in [6, 6.07) is 9.37. The molecular weight excluding hydrogens is 266 g/mol. The number of nitrogens with one attached hydrogen (secondary N) is 1. The van der Waals surface area contributed by atoms with E-state index in [0.717, 1.165) is 31.5 Å². The van der Waals surface area contributed by atoms with E-state index in [9.17, 15) is 9.90 Å². The molecule has 21 heavy (non-hydrogen) atoms. The molecule has 2 rings (SSSR count). The van der Waals surface area contributed by atoms with Crippen LogP contribution in [0.3, 0.4) is 0 Å². The van der Waals surface area contributed by atoms with Gasteiger partial charge in [0, 0.05) is 32.6 Å². The molecular formula is C16H21N3O2. The number of carbonyl (C=O) groups excluding carboxylic acids is 1. The van der Waals surface area contributed by atoms with Crippen molar-refractivity contribution in [2.45, 2.75) is 31.9 Å². The molecule has 5 nitrogen and oxygen atoms in total. The second-order valence-electron chi connectivity index (χ2n) is 5.53. The maximum atomic E-state index is 11.0. The van der Waals surface area contributed by atoms with Crippen LogP contribution in [-0.4, -0.2) is 41.6 Å². The highest BCUT2D eigenvalue weighted by atomic mass is 16.3. The maximum absolute atomic E-state index is 11.0. The first kappa shape index (κ1) is 15.5. The number of nitrogens with zero attached hydrogens (tertiary/aromatic N) is 2. The number of benzene rings is 1. The summed E-state index contributed by atoms with van der Waals surface area (Å²) in [7, 11) is 0. The molecule has 5 heteroatoms. The highest BCUT2D eigenvalue weighted by Gasteiger charge is 2.21. The molecule has 0 saturated carbocycles. The summed E-state index contributed by atoms with van der Waals surface area (Å²) in [6.07, 6.45) is 1.29. The van der Waals surface area contributed by atoms with Crippen LogP contribution in [0.1, 0.15) is 37.0 Å². The van der Waals surface area contributed by atoms with Crippen LogP contribution in [0.4, 0.5) is 0 Å². The smallest absolute Gasteiger partial charge is 0.217 e. The summed E-state index contributed by atoms with van der Waals surface area (Å²) in [5.74, 6) is 0.0195. The third kappa shape index (κ3) is 4.55. The normalized spacial score (nSPS) is 18.0. The average Bonchev–Trinajstić information content (AvgIpc) is 2.49. The van der Waals surface area contributed by atoms with Crippen LogP contribution < -0.4 is 5.32 Å². The van der Waals surface area contributed by atoms with Crippen molar-refractivity contribution in [2.24, 2.45) is 0 Å². The number of rotatable bonds is 4. The lowest BCUT2D eigenvalue weighted by molar-refractivity contribution is -0.120. The molecule has 1 aliphatic rings. The molecule has 1 heterocycles. The highest BCUT2D eigenvalue weighted by Crippen LogP contribution is 2.18. The molecule has 1 aromatic carbocycles. The lowest BCUT2D eigenvalue weighted by Crippen LogP contribution is -2.45. The van der Waals surface area contributed by atoms with Crippen molar-refractivity contribution in [1.82, 2.24) is 10.2 Å². The van der Waals surface area contributed by atoms with Crippen LogP contribution in [0.25, 0.3) is 0 Å². The first-order chi connectivity index (χ1) is 10.1. The Hall–Kier alpha value is -1.90. The number of carbonyl (C=O) groups is 1. The minimum atomic E-state index is -0.546. The third-order valence-corrected chi connectivity index (χ3v) is 3.85. The molecule has 1 fully saturated rings. The van der Waals surface area contributed by atoms with E-state index in [1.165, 1.54) is 0 Å². The summed E-state index contributed by atoms with van der Waals surface area (Å²) < 4.78 is 0. The van der Waals surface area contributed by atoms with E-state index in [1.54, 1.807) is 31.2 Å². The predicted octanol–water partition coefficient (Wildman–Crippen LogP) is 1.19. The van der Waals surface area contributed by atoms with Gasteiger partial charge in [-0.05, 0) is 30.5 Å². The molecule has 0 bridgehead atoms. The zero-order chi connectivity index (χ0) is 15.2. The SMILES string of the molecule is CC(=O)NC1CCN(CC(O)c2ccc(C#N)cc2)CC1. The van der Waals surface area contributed by atoms with E-state index in [1.807, 2.05) is 0 Å². The zero-order valence-corrected chi connectivity index (χ0v) is 12.2. The Balaban J connectivity index is 1.82. The quantitative estimate of drug-likeness (QED) is 0.872. The number of aliphatic hydroxyl groups is 1. The van der Waals surface area contributed by atoms with E-state index < -0.39 is 6.10 Å². The number of piperidine rings is 1. The van der Waals surface area contributed by atoms with Crippen molar-refractivity contribution in [2.75, 3.05) is 19.6 Å². The van der Waals surface area contributed by atoms with Crippen molar-refractivity contribution in [3.63, 3.8) is 0 Å². The molecule has 112 valence electrons. The number of hydrogen-bond acceptors (Lipinski definition) is 4. The lowest BCUT2D eigenvalue weighted by atomic mass is 10.0. The van der Waals surface area contributed by atoms with Crippen molar-refractivity contribution < 1.29 is 9.90 Å². The van der Waals surface area contributed by atoms with Gasteiger partial charge in [0.25, 0.3) is 0 Å². The van der Waals surface area contributed by atoms with Crippen LogP contribution in [0.15, 0.2) is 24.3 Å². The van der Waals surface area contributed by atoms with Gasteiger partial charge in [0.15, 0.2) is 0 Å². The summed E-state index contributed by atoms with van der Waals surface area (Å²) >= 11 is 0. The number of β-amino-alcohol motifs (C(OH)–C–C–N with tert-alkyl or cyclic N) is 1. The van der Waals surface area contributed by atoms with Gasteiger partial charge in [-0.15, -0.1) is 0 Å². The van der Waals surface area contributed by atoms with Gasteiger partial charge in [-0.3, -0.25) is 4.79 Å². The summed E-state index contributed by atoms with van der Waals surface area (Å²) in [5, 5.41) is 22.0. The fraction of sp³-hybridized carbons (Fsp3) is 0.500. The van der Waals surface area contributed by atoms with Crippen LogP contribution in [-0.2, 0) is 4.79 Å². The molecule has 1 aromatic rings. The molecule has 0 spiro atoms. The number of likely N-dealkylation sites (tertiary alicyclic amines) is 1. The van der Waals surface area contributed by atoms with E-state index >= 15 is 0 Å². The second kappa shape index (κ2) is 7.21. The van der Waals surface area contributed by atoms with Gasteiger partial charge >= 0.3 is 0 Å². The predicted molar refractivity (Wildman–Crippen MR) is 79.4 cm³/mol. The zero-order valence-electron chi connectivity index (χ0n) is 12.2. The molecule has 0 aromatic heterocycles. The van der Waals surface area contributed by atoms with Crippen molar-refractivity contribution in [3.8, 4) is 6.07 Å². The van der Waals surface area contributed by atoms with Crippen LogP contribution >= 0.6 is 0 Å². The molecule has 1 amide bonds. The maximum Gasteiger partial charge on any atom is 0.217 e. The molecule has 1 aliphatic heterocycles. The summed E-state index contributed by atoms with van der Waals surface area (Å²) in [5.41, 5.74) is 1.43. The van der Waals surface area contributed by atoms with Gasteiger partial charge < -0.3 is 15.3 Å². The van der Waals surface area contributed by atoms with E-state index in [-0.39, 0.29) is 11.9 Å². The summed E-state index contributed by atoms with van der Waals surface area (Å²) in [6.45, 7) is 3.87. The van der Waals surface area contributed by atoms with Crippen molar-refractivity contribution >= 4 is 5.91 Å². The van der Waals surface area contributed by atoms with Gasteiger partial charge in [-0.25, -0.2) is 0 Å². The molecule has 2 N–H and O–H groups in total. The van der Waals surface area contributed by atoms with E-state index in [2.05, 4.69) is 16.3 Å². The third-order valence-electron chi connectivity index (χ3n) is 3.85. The van der Waals surface area contributed by atoms with E-state index in [4.69, 9.17) is 5.26 Å². The molecule has 1 saturated heterocycles. The molecule has 0 aliphatic carbocycles. The molecule has 0 radical (unpaired) electrons. The fourth-order valence-corrected chi connectivity index (χ4v) is 2.68. The first-order valence-corrected chi connectivity index (χ1v) is 7.26.